The maximum Gasteiger partial charge on any atom is 0.244 e. The first-order chi connectivity index (χ1) is 15.0. The Morgan fingerprint density at radius 3 is 2.39 bits per heavy atom. The molecule has 1 N–H and O–H groups in total. The van der Waals surface area contributed by atoms with Gasteiger partial charge in [-0.25, -0.2) is 0 Å². The summed E-state index contributed by atoms with van der Waals surface area (Å²) < 4.78 is 0. The summed E-state index contributed by atoms with van der Waals surface area (Å²) in [7, 11) is 0. The maximum absolute atomic E-state index is 13.4. The lowest BCUT2D eigenvalue weighted by molar-refractivity contribution is -0.125. The third-order valence-electron chi connectivity index (χ3n) is 6.01. The van der Waals surface area contributed by atoms with Gasteiger partial charge in [-0.2, -0.15) is 0 Å². The summed E-state index contributed by atoms with van der Waals surface area (Å²) in [5, 5.41) is 3.48. The molecule has 1 atom stereocenters. The standard InChI is InChI=1S/C26H25ClN2O2/c1-26(15-8-16-29(26)18-19-9-4-2-5-10-19)25(31)28-23-14-13-21(27)17-22(23)24(30)20-11-6-3-7-12-20/h2-7,9-14,17H,8,15-16,18H2,1H3,(H,28,31)/t26-/m1/s1. The van der Waals surface area contributed by atoms with Gasteiger partial charge in [-0.3, -0.25) is 14.5 Å². The van der Waals surface area contributed by atoms with Crippen LogP contribution in [0.4, 0.5) is 5.69 Å². The number of hydrogen-bond donors (Lipinski definition) is 1. The molecule has 1 aliphatic rings. The number of benzene rings is 3. The lowest BCUT2D eigenvalue weighted by atomic mass is 9.96. The number of anilines is 1. The molecule has 4 nitrogen and oxygen atoms in total. The third-order valence-corrected chi connectivity index (χ3v) is 6.24. The second kappa shape index (κ2) is 9.04. The van der Waals surface area contributed by atoms with Crippen LogP contribution in [0.2, 0.25) is 5.02 Å². The van der Waals surface area contributed by atoms with Crippen LogP contribution in [0, 0.1) is 0 Å². The number of ketones is 1. The van der Waals surface area contributed by atoms with Gasteiger partial charge in [0, 0.05) is 22.7 Å². The summed E-state index contributed by atoms with van der Waals surface area (Å²) in [6, 6.07) is 24.2. The highest BCUT2D eigenvalue weighted by atomic mass is 35.5. The molecule has 1 fully saturated rings. The van der Waals surface area contributed by atoms with E-state index in [1.54, 1.807) is 30.3 Å². The van der Waals surface area contributed by atoms with Crippen LogP contribution in [-0.4, -0.2) is 28.7 Å². The Balaban J connectivity index is 1.59. The van der Waals surface area contributed by atoms with Crippen LogP contribution in [0.1, 0.15) is 41.3 Å². The van der Waals surface area contributed by atoms with Crippen LogP contribution in [-0.2, 0) is 11.3 Å². The van der Waals surface area contributed by atoms with E-state index in [0.717, 1.165) is 19.4 Å². The first kappa shape index (κ1) is 21.3. The van der Waals surface area contributed by atoms with Gasteiger partial charge < -0.3 is 5.32 Å². The van der Waals surface area contributed by atoms with Gasteiger partial charge in [0.15, 0.2) is 5.78 Å². The van der Waals surface area contributed by atoms with E-state index in [1.807, 2.05) is 43.3 Å². The first-order valence-corrected chi connectivity index (χ1v) is 10.8. The molecule has 0 radical (unpaired) electrons. The van der Waals surface area contributed by atoms with Crippen molar-refractivity contribution in [2.45, 2.75) is 31.8 Å². The summed E-state index contributed by atoms with van der Waals surface area (Å²) in [6.45, 7) is 3.54. The van der Waals surface area contributed by atoms with Crippen molar-refractivity contribution in [1.29, 1.82) is 0 Å². The zero-order valence-corrected chi connectivity index (χ0v) is 18.2. The topological polar surface area (TPSA) is 49.4 Å². The minimum Gasteiger partial charge on any atom is -0.324 e. The first-order valence-electron chi connectivity index (χ1n) is 10.5. The molecule has 3 aromatic rings. The highest BCUT2D eigenvalue weighted by molar-refractivity contribution is 6.31. The van der Waals surface area contributed by atoms with Gasteiger partial charge in [0.05, 0.1) is 11.2 Å². The smallest absolute Gasteiger partial charge is 0.244 e. The SMILES string of the molecule is C[C@]1(C(=O)Nc2ccc(Cl)cc2C(=O)c2ccccc2)CCCN1Cc1ccccc1. The van der Waals surface area contributed by atoms with Crippen molar-refractivity contribution in [3.05, 3.63) is 101 Å². The lowest BCUT2D eigenvalue weighted by Crippen LogP contribution is -2.50. The number of rotatable bonds is 6. The maximum atomic E-state index is 13.4. The van der Waals surface area contributed by atoms with E-state index >= 15 is 0 Å². The minimum atomic E-state index is -0.650. The monoisotopic (exact) mass is 432 g/mol. The van der Waals surface area contributed by atoms with E-state index in [4.69, 9.17) is 11.6 Å². The normalized spacial score (nSPS) is 18.6. The van der Waals surface area contributed by atoms with Crippen LogP contribution in [0.5, 0.6) is 0 Å². The van der Waals surface area contributed by atoms with Crippen molar-refractivity contribution in [2.24, 2.45) is 0 Å². The lowest BCUT2D eigenvalue weighted by Gasteiger charge is -2.34. The molecule has 0 bridgehead atoms. The largest absolute Gasteiger partial charge is 0.324 e. The van der Waals surface area contributed by atoms with Gasteiger partial charge in [-0.05, 0) is 50.1 Å². The zero-order valence-electron chi connectivity index (χ0n) is 17.5. The van der Waals surface area contributed by atoms with Gasteiger partial charge in [-0.1, -0.05) is 72.3 Å². The number of nitrogens with one attached hydrogen (secondary N) is 1. The Morgan fingerprint density at radius 2 is 1.68 bits per heavy atom. The van der Waals surface area contributed by atoms with E-state index in [2.05, 4.69) is 22.3 Å². The fourth-order valence-electron chi connectivity index (χ4n) is 4.15. The molecule has 0 aromatic heterocycles. The quantitative estimate of drug-likeness (QED) is 0.518. The third kappa shape index (κ3) is 4.55. The van der Waals surface area contributed by atoms with Gasteiger partial charge in [0.25, 0.3) is 0 Å². The molecule has 4 rings (SSSR count). The number of nitrogens with zero attached hydrogens (tertiary/aromatic N) is 1. The van der Waals surface area contributed by atoms with E-state index in [1.165, 1.54) is 5.56 Å². The molecule has 0 spiro atoms. The van der Waals surface area contributed by atoms with E-state index in [-0.39, 0.29) is 11.7 Å². The molecular weight excluding hydrogens is 408 g/mol. The highest BCUT2D eigenvalue weighted by Gasteiger charge is 2.43. The molecule has 1 amide bonds. The fraction of sp³-hybridized carbons (Fsp3) is 0.231. The Kier molecular flexibility index (Phi) is 6.21. The predicted molar refractivity (Wildman–Crippen MR) is 124 cm³/mol. The predicted octanol–water partition coefficient (Wildman–Crippen LogP) is 5.56. The van der Waals surface area contributed by atoms with Gasteiger partial charge in [0.1, 0.15) is 0 Å². The second-order valence-electron chi connectivity index (χ2n) is 8.12. The van der Waals surface area contributed by atoms with Crippen molar-refractivity contribution in [2.75, 3.05) is 11.9 Å². The minimum absolute atomic E-state index is 0.106. The van der Waals surface area contributed by atoms with Gasteiger partial charge >= 0.3 is 0 Å². The number of carbonyl (C=O) groups is 2. The molecule has 0 unspecified atom stereocenters. The molecule has 158 valence electrons. The molecule has 1 heterocycles. The average Bonchev–Trinajstić information content (AvgIpc) is 3.17. The molecule has 0 saturated carbocycles. The van der Waals surface area contributed by atoms with E-state index in [0.29, 0.717) is 28.4 Å². The Hall–Kier alpha value is -2.95. The van der Waals surface area contributed by atoms with Crippen molar-refractivity contribution < 1.29 is 9.59 Å². The number of carbonyl (C=O) groups excluding carboxylic acids is 2. The Labute approximate surface area is 187 Å². The van der Waals surface area contributed by atoms with E-state index < -0.39 is 5.54 Å². The van der Waals surface area contributed by atoms with Crippen LogP contribution >= 0.6 is 11.6 Å². The summed E-state index contributed by atoms with van der Waals surface area (Å²) in [5.74, 6) is -0.276. The highest BCUT2D eigenvalue weighted by Crippen LogP contribution is 2.33. The van der Waals surface area contributed by atoms with Crippen molar-refractivity contribution in [3.63, 3.8) is 0 Å². The number of amides is 1. The number of halogens is 1. The van der Waals surface area contributed by atoms with Crippen molar-refractivity contribution in [1.82, 2.24) is 4.90 Å². The molecule has 1 saturated heterocycles. The van der Waals surface area contributed by atoms with Crippen LogP contribution in [0.15, 0.2) is 78.9 Å². The zero-order chi connectivity index (χ0) is 21.8. The summed E-state index contributed by atoms with van der Waals surface area (Å²) in [5.41, 5.74) is 1.95. The fourth-order valence-corrected chi connectivity index (χ4v) is 4.32. The van der Waals surface area contributed by atoms with E-state index in [9.17, 15) is 9.59 Å². The Morgan fingerprint density at radius 1 is 1.00 bits per heavy atom. The summed E-state index contributed by atoms with van der Waals surface area (Å²) >= 11 is 6.18. The number of likely N-dealkylation sites (tertiary alicyclic amines) is 1. The molecule has 1 aliphatic heterocycles. The van der Waals surface area contributed by atoms with Crippen LogP contribution in [0.25, 0.3) is 0 Å². The van der Waals surface area contributed by atoms with Crippen molar-refractivity contribution in [3.8, 4) is 0 Å². The van der Waals surface area contributed by atoms with Crippen LogP contribution in [0.3, 0.4) is 0 Å². The van der Waals surface area contributed by atoms with Gasteiger partial charge in [0.2, 0.25) is 5.91 Å². The molecule has 3 aromatic carbocycles. The van der Waals surface area contributed by atoms with Crippen LogP contribution < -0.4 is 5.32 Å². The summed E-state index contributed by atoms with van der Waals surface area (Å²) in [6.07, 6.45) is 1.72. The average molecular weight is 433 g/mol. The Bertz CT molecular complexity index is 1090. The molecule has 0 aliphatic carbocycles. The summed E-state index contributed by atoms with van der Waals surface area (Å²) in [4.78, 5) is 28.7. The van der Waals surface area contributed by atoms with Gasteiger partial charge in [-0.15, -0.1) is 0 Å². The van der Waals surface area contributed by atoms with Crippen molar-refractivity contribution >= 4 is 29.0 Å². The molecule has 5 heteroatoms. The number of hydrogen-bond acceptors (Lipinski definition) is 3. The molecule has 31 heavy (non-hydrogen) atoms. The second-order valence-corrected chi connectivity index (χ2v) is 8.56. The molecular formula is C26H25ClN2O2.